The smallest absolute Gasteiger partial charge is 2.00 e. The third kappa shape index (κ3) is 27.7. The first-order valence-corrected chi connectivity index (χ1v) is 33.1. The van der Waals surface area contributed by atoms with E-state index in [1.54, 1.807) is 146 Å². The van der Waals surface area contributed by atoms with Crippen LogP contribution in [0.5, 0.6) is 0 Å². The molecular weight excluding hydrogens is 1770 g/mol. The predicted octanol–water partition coefficient (Wildman–Crippen LogP) is 12.4. The first kappa shape index (κ1) is 106. The fourth-order valence-corrected chi connectivity index (χ4v) is 12.6. The molecule has 0 saturated carbocycles. The topological polar surface area (TPSA) is 276 Å². The van der Waals surface area contributed by atoms with E-state index >= 15 is 0 Å². The molecule has 10 rings (SSSR count). The van der Waals surface area contributed by atoms with Gasteiger partial charge >= 0.3 is 101 Å². The molecule has 119 heavy (non-hydrogen) atoms. The first-order chi connectivity index (χ1) is 52.0. The van der Waals surface area contributed by atoms with Crippen LogP contribution in [0.1, 0.15) is 139 Å². The van der Waals surface area contributed by atoms with Crippen molar-refractivity contribution < 1.29 is 198 Å². The number of hydrogen-bond acceptors (Lipinski definition) is 12. The number of benzene rings is 4. The van der Waals surface area contributed by atoms with Gasteiger partial charge in [0.15, 0.2) is 0 Å². The van der Waals surface area contributed by atoms with Crippen molar-refractivity contribution in [2.24, 2.45) is 0 Å². The Morgan fingerprint density at radius 3 is 0.437 bits per heavy atom. The fraction of sp³-hybridized carbons (Fsp3) is 0.299. The molecule has 42 heteroatoms. The van der Waals surface area contributed by atoms with E-state index in [2.05, 4.69) is 29.9 Å². The first-order valence-electron chi connectivity index (χ1n) is 33.1. The molecule has 640 valence electrons. The van der Waals surface area contributed by atoms with E-state index in [-0.39, 0.29) is 81.4 Å². The maximum absolute atomic E-state index is 14.2. The van der Waals surface area contributed by atoms with Crippen molar-refractivity contribution in [3.63, 3.8) is 0 Å². The average molecular weight is 1830 g/mol. The normalized spacial score (nSPS) is 15.2. The molecule has 0 aliphatic rings. The average Bonchev–Trinajstić information content (AvgIpc) is 0.705. The summed E-state index contributed by atoms with van der Waals surface area (Å²) in [5.41, 5.74) is -37.1. The van der Waals surface area contributed by atoms with Crippen LogP contribution in [0.2, 0.25) is 0 Å². The van der Waals surface area contributed by atoms with E-state index in [4.69, 9.17) is 0 Å². The third-order valence-electron chi connectivity index (χ3n) is 17.7. The zero-order valence-corrected chi connectivity index (χ0v) is 65.3. The summed E-state index contributed by atoms with van der Waals surface area (Å²) in [6.07, 6.45) is -45.7. The van der Waals surface area contributed by atoms with Crippen LogP contribution in [0.4, 0.5) is 105 Å². The van der Waals surface area contributed by atoms with Gasteiger partial charge in [0, 0.05) is 71.3 Å². The molecule has 4 aromatic carbocycles. The summed E-state index contributed by atoms with van der Waals surface area (Å²) in [7, 11) is 0. The van der Waals surface area contributed by atoms with Crippen LogP contribution in [0.3, 0.4) is 0 Å². The van der Waals surface area contributed by atoms with Crippen LogP contribution in [-0.4, -0.2) is 41.5 Å². The second-order valence-corrected chi connectivity index (χ2v) is 27.4. The monoisotopic (exact) mass is 1830 g/mol. The Hall–Kier alpha value is -8.60. The van der Waals surface area contributed by atoms with Crippen LogP contribution in [0, 0.1) is 0 Å². The van der Waals surface area contributed by atoms with Crippen molar-refractivity contribution in [1.29, 1.82) is 0 Å². The van der Waals surface area contributed by atoms with Crippen LogP contribution in [0.25, 0.3) is 0 Å². The maximum Gasteiger partial charge on any atom is 3.00 e. The summed E-state index contributed by atoms with van der Waals surface area (Å²) < 4.78 is 341. The largest absolute Gasteiger partial charge is 3.00 e. The number of nitrogens with zero attached hydrogens (tertiary/aromatic N) is 6. The van der Waals surface area contributed by atoms with E-state index in [9.17, 15) is 136 Å². The Balaban J connectivity index is 0.000000627. The van der Waals surface area contributed by atoms with Gasteiger partial charge in [0.25, 0.3) is 0 Å². The second kappa shape index (κ2) is 39.5. The van der Waals surface area contributed by atoms with Crippen molar-refractivity contribution in [2.45, 2.75) is 144 Å². The molecule has 0 aliphatic carbocycles. The molecule has 0 spiro atoms. The fourth-order valence-electron chi connectivity index (χ4n) is 12.6. The van der Waals surface area contributed by atoms with E-state index in [1.165, 1.54) is 41.5 Å². The van der Waals surface area contributed by atoms with Gasteiger partial charge in [-0.25, -0.2) is 0 Å². The molecule has 10 aromatic rings. The number of aromatic nitrogens is 6. The molecule has 0 aliphatic heterocycles. The van der Waals surface area contributed by atoms with Crippen molar-refractivity contribution >= 4 is 28.0 Å². The third-order valence-corrected chi connectivity index (χ3v) is 17.7. The summed E-state index contributed by atoms with van der Waals surface area (Å²) in [4.78, 5) is 24.3. The zero-order valence-electron chi connectivity index (χ0n) is 61.7. The molecule has 0 saturated heterocycles. The summed E-state index contributed by atoms with van der Waals surface area (Å²) in [6.45, 7) is 8.97. The second-order valence-electron chi connectivity index (χ2n) is 27.4. The molecule has 0 fully saturated rings. The summed E-state index contributed by atoms with van der Waals surface area (Å²) in [5, 5.41) is 75.6. The molecule has 2 N–H and O–H groups in total. The van der Waals surface area contributed by atoms with E-state index < -0.39 is 228 Å². The molecule has 14 nitrogen and oxygen atoms in total. The molecule has 6 heterocycles. The van der Waals surface area contributed by atoms with Gasteiger partial charge in [-0.2, -0.15) is 127 Å². The van der Waals surface area contributed by atoms with Crippen molar-refractivity contribution in [1.82, 2.24) is 29.9 Å². The number of alkyl halides is 24. The minimum absolute atomic E-state index is 0. The van der Waals surface area contributed by atoms with Gasteiger partial charge in [-0.3, -0.25) is 29.9 Å². The molecular formula is C77H62BF24Mn3N6O8. The van der Waals surface area contributed by atoms with Crippen LogP contribution < -0.4 is 52.5 Å². The standard InChI is InChI=1S/C32H12BF24.3C15H16N2O2.3Mn.H2O.O/c34-25(35,36)13-1-14(26(37,38)39)6-21(5-13)33(22-7-15(27(40,41)42)2-16(8-22)28(43,44)45,23-9-17(29(46,47)48)3-18(10-23)30(49,50)51)24-11-19(31(52,53)54)4-20(12-24)32(55,56)57;3*1-14(18,12-7-3-5-9-16-12)11-15(2,19)13-8-4-6-10-17-13;;;;;/h1-12H;3*3-10H,11H2,1-2H3;;;;1H2;/q-1;3*-2;3*+3;;-2/t;3*14-,15+;;;;;. The minimum atomic E-state index is -6.13. The van der Waals surface area contributed by atoms with E-state index in [0.29, 0.717) is 34.2 Å². The quantitative estimate of drug-likeness (QED) is 0.0645. The van der Waals surface area contributed by atoms with Crippen LogP contribution >= 0.6 is 0 Å². The Labute approximate surface area is 694 Å². The van der Waals surface area contributed by atoms with Crippen LogP contribution in [-0.2, 0) is 140 Å². The van der Waals surface area contributed by atoms with Gasteiger partial charge in [0.1, 0.15) is 6.15 Å². The van der Waals surface area contributed by atoms with E-state index in [1.807, 2.05) is 0 Å². The number of hydrogen-bond donors (Lipinski definition) is 0. The Kier molecular flexibility index (Phi) is 35.3. The maximum atomic E-state index is 14.2. The molecule has 0 unspecified atom stereocenters. The van der Waals surface area contributed by atoms with Gasteiger partial charge in [-0.1, -0.05) is 179 Å². The molecule has 0 amide bonds. The summed E-state index contributed by atoms with van der Waals surface area (Å²) in [6, 6.07) is 22.1. The van der Waals surface area contributed by atoms with Crippen molar-refractivity contribution in [2.75, 3.05) is 0 Å². The van der Waals surface area contributed by atoms with E-state index in [0.717, 1.165) is 0 Å². The van der Waals surface area contributed by atoms with Gasteiger partial charge in [-0.05, 0) is 97.1 Å². The van der Waals surface area contributed by atoms with Gasteiger partial charge in [0.2, 0.25) is 0 Å². The van der Waals surface area contributed by atoms with Crippen LogP contribution in [0.15, 0.2) is 219 Å². The number of pyridine rings is 6. The molecule has 6 atom stereocenters. The predicted molar refractivity (Wildman–Crippen MR) is 358 cm³/mol. The summed E-state index contributed by atoms with van der Waals surface area (Å²) >= 11 is 0. The Morgan fingerprint density at radius 2 is 0.345 bits per heavy atom. The molecule has 6 aromatic heterocycles. The molecule has 0 bridgehead atoms. The van der Waals surface area contributed by atoms with Gasteiger partial charge in [0.05, 0.1) is 44.5 Å². The Morgan fingerprint density at radius 1 is 0.227 bits per heavy atom. The van der Waals surface area contributed by atoms with Crippen molar-refractivity contribution in [3.05, 3.63) is 298 Å². The van der Waals surface area contributed by atoms with Gasteiger partial charge < -0.3 is 41.6 Å². The molecule has 0 radical (unpaired) electrons. The Bertz CT molecular complexity index is 4040. The minimum Gasteiger partial charge on any atom is -2.00 e. The zero-order chi connectivity index (χ0) is 85.7. The van der Waals surface area contributed by atoms with Gasteiger partial charge in [-0.15, -0.1) is 0 Å². The number of halogens is 24. The van der Waals surface area contributed by atoms with Crippen molar-refractivity contribution in [3.8, 4) is 0 Å². The number of rotatable bonds is 16. The summed E-state index contributed by atoms with van der Waals surface area (Å²) in [5.74, 6) is 0. The SMILES string of the molecule is C[C@]([O-])(C[C@@](C)([O-])c1ccccn1)c1ccccn1.C[C@]([O-])(C[C@@](C)([O-])c1ccccn1)c1ccccn1.C[C@]([O-])(C[C@@](C)([O-])c1ccccn1)c1ccccn1.FC(F)(F)c1cc([B-](c2cc(C(F)(F)F)cc(C(F)(F)F)c2)(c2cc(C(F)(F)F)cc(C(F)(F)F)c2)c2cc(C(F)(F)F)cc(C(F)(F)F)c2)cc(C(F)(F)F)c1.O.[Mn+3].[Mn+3].[Mn+3].[O-2].